The summed E-state index contributed by atoms with van der Waals surface area (Å²) >= 11 is 5.79. The third kappa shape index (κ3) is 2.95. The standard InChI is InChI=1S/C13H10ClN3O3/c14-9-2-1-8(6-15)10(5-9)16-11(18)7-17-12(19)3-4-13(17)20/h1-2,5H,3-4,7H2,(H,16,18). The Morgan fingerprint density at radius 3 is 2.60 bits per heavy atom. The van der Waals surface area contributed by atoms with Crippen molar-refractivity contribution in [3.63, 3.8) is 0 Å². The van der Waals surface area contributed by atoms with Crippen LogP contribution in [-0.2, 0) is 14.4 Å². The number of carbonyl (C=O) groups is 3. The molecule has 1 N–H and O–H groups in total. The first kappa shape index (κ1) is 14.0. The van der Waals surface area contributed by atoms with Crippen molar-refractivity contribution in [3.8, 4) is 6.07 Å². The number of hydrogen-bond donors (Lipinski definition) is 1. The summed E-state index contributed by atoms with van der Waals surface area (Å²) in [5, 5.41) is 11.8. The fourth-order valence-corrected chi connectivity index (χ4v) is 2.02. The van der Waals surface area contributed by atoms with Gasteiger partial charge in [-0.15, -0.1) is 0 Å². The lowest BCUT2D eigenvalue weighted by atomic mass is 10.2. The number of likely N-dealkylation sites (tertiary alicyclic amines) is 1. The van der Waals surface area contributed by atoms with Gasteiger partial charge < -0.3 is 5.32 Å². The van der Waals surface area contributed by atoms with Gasteiger partial charge in [0.15, 0.2) is 0 Å². The maximum Gasteiger partial charge on any atom is 0.244 e. The number of halogens is 1. The van der Waals surface area contributed by atoms with Crippen LogP contribution >= 0.6 is 11.6 Å². The number of nitrogens with one attached hydrogen (secondary N) is 1. The molecule has 0 aromatic heterocycles. The van der Waals surface area contributed by atoms with Crippen LogP contribution in [0.5, 0.6) is 0 Å². The molecule has 1 aromatic carbocycles. The molecule has 0 bridgehead atoms. The quantitative estimate of drug-likeness (QED) is 0.850. The van der Waals surface area contributed by atoms with Crippen molar-refractivity contribution >= 4 is 35.0 Å². The van der Waals surface area contributed by atoms with E-state index < -0.39 is 5.91 Å². The zero-order valence-corrected chi connectivity index (χ0v) is 11.1. The molecule has 0 radical (unpaired) electrons. The molecule has 0 aliphatic carbocycles. The zero-order chi connectivity index (χ0) is 14.7. The van der Waals surface area contributed by atoms with Crippen LogP contribution in [-0.4, -0.2) is 29.2 Å². The molecule has 0 unspecified atom stereocenters. The molecule has 1 heterocycles. The van der Waals surface area contributed by atoms with Gasteiger partial charge in [0.05, 0.1) is 11.3 Å². The van der Waals surface area contributed by atoms with E-state index >= 15 is 0 Å². The van der Waals surface area contributed by atoms with Crippen molar-refractivity contribution in [1.82, 2.24) is 4.90 Å². The van der Waals surface area contributed by atoms with E-state index in [4.69, 9.17) is 16.9 Å². The van der Waals surface area contributed by atoms with Crippen LogP contribution in [0.3, 0.4) is 0 Å². The molecule has 0 spiro atoms. The summed E-state index contributed by atoms with van der Waals surface area (Å²) in [6.07, 6.45) is 0.263. The van der Waals surface area contributed by atoms with Gasteiger partial charge in [-0.2, -0.15) is 5.26 Å². The molecule has 6 nitrogen and oxygen atoms in total. The van der Waals surface area contributed by atoms with Gasteiger partial charge in [0.25, 0.3) is 0 Å². The van der Waals surface area contributed by atoms with Gasteiger partial charge in [-0.1, -0.05) is 11.6 Å². The highest BCUT2D eigenvalue weighted by Crippen LogP contribution is 2.20. The SMILES string of the molecule is N#Cc1ccc(Cl)cc1NC(=O)CN1C(=O)CCC1=O. The number of nitriles is 1. The molecule has 1 fully saturated rings. The number of rotatable bonds is 3. The monoisotopic (exact) mass is 291 g/mol. The van der Waals surface area contributed by atoms with Crippen LogP contribution in [0.25, 0.3) is 0 Å². The Hall–Kier alpha value is -2.39. The van der Waals surface area contributed by atoms with E-state index in [1.54, 1.807) is 0 Å². The fourth-order valence-electron chi connectivity index (χ4n) is 1.85. The van der Waals surface area contributed by atoms with E-state index in [-0.39, 0.29) is 42.5 Å². The van der Waals surface area contributed by atoms with Gasteiger partial charge in [0, 0.05) is 17.9 Å². The average Bonchev–Trinajstić information content (AvgIpc) is 2.71. The Kier molecular flexibility index (Phi) is 4.01. The molecule has 0 atom stereocenters. The molecule has 102 valence electrons. The summed E-state index contributed by atoms with van der Waals surface area (Å²) in [4.78, 5) is 35.5. The largest absolute Gasteiger partial charge is 0.323 e. The van der Waals surface area contributed by atoms with Crippen LogP contribution in [0, 0.1) is 11.3 Å². The van der Waals surface area contributed by atoms with Gasteiger partial charge in [-0.05, 0) is 18.2 Å². The normalized spacial score (nSPS) is 14.3. The first-order chi connectivity index (χ1) is 9.51. The van der Waals surface area contributed by atoms with Gasteiger partial charge >= 0.3 is 0 Å². The number of amides is 3. The molecule has 1 aliphatic heterocycles. The number of imide groups is 1. The third-order valence-electron chi connectivity index (χ3n) is 2.83. The number of carbonyl (C=O) groups excluding carboxylic acids is 3. The summed E-state index contributed by atoms with van der Waals surface area (Å²) in [7, 11) is 0. The zero-order valence-electron chi connectivity index (χ0n) is 10.4. The van der Waals surface area contributed by atoms with Crippen LogP contribution in [0.1, 0.15) is 18.4 Å². The van der Waals surface area contributed by atoms with Crippen molar-refractivity contribution in [3.05, 3.63) is 28.8 Å². The van der Waals surface area contributed by atoms with Gasteiger partial charge in [-0.25, -0.2) is 0 Å². The summed E-state index contributed by atoms with van der Waals surface area (Å²) < 4.78 is 0. The van der Waals surface area contributed by atoms with E-state index in [2.05, 4.69) is 5.32 Å². The van der Waals surface area contributed by atoms with Crippen molar-refractivity contribution in [1.29, 1.82) is 5.26 Å². The predicted octanol–water partition coefficient (Wildman–Crippen LogP) is 1.30. The van der Waals surface area contributed by atoms with E-state index in [1.807, 2.05) is 6.07 Å². The van der Waals surface area contributed by atoms with Gasteiger partial charge in [0.1, 0.15) is 12.6 Å². The Morgan fingerprint density at radius 2 is 2.00 bits per heavy atom. The Labute approximate surface area is 119 Å². The maximum atomic E-state index is 11.8. The number of benzene rings is 1. The molecule has 0 saturated carbocycles. The minimum atomic E-state index is -0.549. The second kappa shape index (κ2) is 5.72. The third-order valence-corrected chi connectivity index (χ3v) is 3.07. The molecule has 20 heavy (non-hydrogen) atoms. The van der Waals surface area contributed by atoms with Gasteiger partial charge in [0.2, 0.25) is 17.7 Å². The lowest BCUT2D eigenvalue weighted by Gasteiger charge is -2.14. The average molecular weight is 292 g/mol. The van der Waals surface area contributed by atoms with Crippen molar-refractivity contribution in [2.24, 2.45) is 0 Å². The van der Waals surface area contributed by atoms with Crippen LogP contribution in [0.2, 0.25) is 5.02 Å². The highest BCUT2D eigenvalue weighted by molar-refractivity contribution is 6.31. The number of hydrogen-bond acceptors (Lipinski definition) is 4. The molecule has 2 rings (SSSR count). The number of anilines is 1. The maximum absolute atomic E-state index is 11.8. The van der Waals surface area contributed by atoms with Crippen molar-refractivity contribution in [2.75, 3.05) is 11.9 Å². The molecule has 7 heteroatoms. The molecular formula is C13H10ClN3O3. The molecular weight excluding hydrogens is 282 g/mol. The lowest BCUT2D eigenvalue weighted by molar-refractivity contribution is -0.141. The van der Waals surface area contributed by atoms with E-state index in [0.29, 0.717) is 5.02 Å². The van der Waals surface area contributed by atoms with E-state index in [1.165, 1.54) is 18.2 Å². The Morgan fingerprint density at radius 1 is 1.35 bits per heavy atom. The van der Waals surface area contributed by atoms with Gasteiger partial charge in [-0.3, -0.25) is 19.3 Å². The minimum absolute atomic E-state index is 0.132. The van der Waals surface area contributed by atoms with Crippen LogP contribution in [0.15, 0.2) is 18.2 Å². The lowest BCUT2D eigenvalue weighted by Crippen LogP contribution is -2.37. The Bertz CT molecular complexity index is 620. The summed E-state index contributed by atoms with van der Waals surface area (Å²) in [5.74, 6) is -1.28. The van der Waals surface area contributed by atoms with E-state index in [9.17, 15) is 14.4 Å². The van der Waals surface area contributed by atoms with E-state index in [0.717, 1.165) is 4.90 Å². The smallest absolute Gasteiger partial charge is 0.244 e. The highest BCUT2D eigenvalue weighted by atomic mass is 35.5. The predicted molar refractivity (Wildman–Crippen MR) is 70.8 cm³/mol. The number of nitrogens with zero attached hydrogens (tertiary/aromatic N) is 2. The highest BCUT2D eigenvalue weighted by Gasteiger charge is 2.30. The second-order valence-electron chi connectivity index (χ2n) is 4.22. The topological polar surface area (TPSA) is 90.3 Å². The second-order valence-corrected chi connectivity index (χ2v) is 4.66. The molecule has 1 aromatic rings. The van der Waals surface area contributed by atoms with Crippen LogP contribution < -0.4 is 5.32 Å². The molecule has 3 amide bonds. The van der Waals surface area contributed by atoms with Crippen molar-refractivity contribution in [2.45, 2.75) is 12.8 Å². The summed E-state index contributed by atoms with van der Waals surface area (Å²) in [5.41, 5.74) is 0.505. The first-order valence-corrected chi connectivity index (χ1v) is 6.22. The minimum Gasteiger partial charge on any atom is -0.323 e. The summed E-state index contributed by atoms with van der Waals surface area (Å²) in [6.45, 7) is -0.352. The first-order valence-electron chi connectivity index (χ1n) is 5.84. The Balaban J connectivity index is 2.09. The summed E-state index contributed by atoms with van der Waals surface area (Å²) in [6, 6.07) is 6.36. The fraction of sp³-hybridized carbons (Fsp3) is 0.231. The van der Waals surface area contributed by atoms with Crippen LogP contribution in [0.4, 0.5) is 5.69 Å². The molecule has 1 aliphatic rings. The van der Waals surface area contributed by atoms with Crippen molar-refractivity contribution < 1.29 is 14.4 Å². The molecule has 1 saturated heterocycles.